The first-order chi connectivity index (χ1) is 14.7. The fourth-order valence-electron chi connectivity index (χ4n) is 4.88. The predicted molar refractivity (Wildman–Crippen MR) is 119 cm³/mol. The summed E-state index contributed by atoms with van der Waals surface area (Å²) in [4.78, 5) is 17.9. The van der Waals surface area contributed by atoms with Crippen LogP contribution < -0.4 is 5.32 Å². The van der Waals surface area contributed by atoms with Crippen molar-refractivity contribution in [2.24, 2.45) is 5.92 Å². The Kier molecular flexibility index (Phi) is 7.18. The lowest BCUT2D eigenvalue weighted by molar-refractivity contribution is -0.127. The molecule has 2 aliphatic rings. The molecular weight excluding hydrogens is 374 g/mol. The van der Waals surface area contributed by atoms with Crippen molar-refractivity contribution in [1.29, 1.82) is 0 Å². The first-order valence-corrected chi connectivity index (χ1v) is 11.5. The summed E-state index contributed by atoms with van der Waals surface area (Å²) in [5.41, 5.74) is 3.35. The van der Waals surface area contributed by atoms with Crippen molar-refractivity contribution in [3.8, 4) is 0 Å². The number of carbonyl (C=O) groups excluding carboxylic acids is 1. The molecule has 162 valence electrons. The maximum atomic E-state index is 12.7. The highest BCUT2D eigenvalue weighted by Crippen LogP contribution is 2.24. The van der Waals surface area contributed by atoms with E-state index < -0.39 is 0 Å². The number of hydrogen-bond acceptors (Lipinski definition) is 4. The molecule has 2 N–H and O–H groups in total. The molecule has 2 saturated heterocycles. The number of nitrogens with zero attached hydrogens (tertiary/aromatic N) is 3. The average Bonchev–Trinajstić information content (AvgIpc) is 3.22. The Morgan fingerprint density at radius 2 is 1.97 bits per heavy atom. The lowest BCUT2D eigenvalue weighted by Gasteiger charge is -2.42. The summed E-state index contributed by atoms with van der Waals surface area (Å²) in [6.07, 6.45) is 5.68. The van der Waals surface area contributed by atoms with Crippen LogP contribution in [-0.4, -0.2) is 64.7 Å². The Morgan fingerprint density at radius 3 is 2.70 bits per heavy atom. The molecule has 3 heterocycles. The fraction of sp³-hybridized carbons (Fsp3) is 0.583. The van der Waals surface area contributed by atoms with E-state index >= 15 is 0 Å². The summed E-state index contributed by atoms with van der Waals surface area (Å²) in [7, 11) is 0. The molecule has 1 unspecified atom stereocenters. The second-order valence-electron chi connectivity index (χ2n) is 8.90. The minimum atomic E-state index is 0.106. The molecule has 1 aromatic carbocycles. The van der Waals surface area contributed by atoms with Gasteiger partial charge in [-0.15, -0.1) is 0 Å². The van der Waals surface area contributed by atoms with E-state index in [0.29, 0.717) is 12.6 Å². The Balaban J connectivity index is 1.19. The van der Waals surface area contributed by atoms with Crippen LogP contribution in [0.25, 0.3) is 0 Å². The molecule has 6 nitrogen and oxygen atoms in total. The van der Waals surface area contributed by atoms with Crippen molar-refractivity contribution in [3.63, 3.8) is 0 Å². The maximum absolute atomic E-state index is 12.7. The Labute approximate surface area is 180 Å². The number of carbonyl (C=O) groups is 1. The standard InChI is InChI=1S/C24H35N5O/c1-19-16-22(27-26-19)17-25-24(30)21-8-5-12-29(18-21)23-10-14-28(15-11-23)13-9-20-6-3-2-4-7-20/h2-4,6-7,16,21,23H,5,8-15,17-18H2,1H3,(H,25,30)(H,26,27). The van der Waals surface area contributed by atoms with Gasteiger partial charge >= 0.3 is 0 Å². The summed E-state index contributed by atoms with van der Waals surface area (Å²) in [5.74, 6) is 0.288. The van der Waals surface area contributed by atoms with Gasteiger partial charge in [0.15, 0.2) is 0 Å². The van der Waals surface area contributed by atoms with E-state index in [1.165, 1.54) is 31.5 Å². The predicted octanol–water partition coefficient (Wildman–Crippen LogP) is 2.75. The highest BCUT2D eigenvalue weighted by atomic mass is 16.1. The molecule has 0 radical (unpaired) electrons. The van der Waals surface area contributed by atoms with Crippen molar-refractivity contribution >= 4 is 5.91 Å². The Hall–Kier alpha value is -2.18. The highest BCUT2D eigenvalue weighted by molar-refractivity contribution is 5.78. The summed E-state index contributed by atoms with van der Waals surface area (Å²) in [6.45, 7) is 8.02. The summed E-state index contributed by atoms with van der Waals surface area (Å²) in [6, 6.07) is 13.4. The van der Waals surface area contributed by atoms with E-state index in [9.17, 15) is 4.79 Å². The normalized spacial score (nSPS) is 21.6. The van der Waals surface area contributed by atoms with Crippen LogP contribution in [0.5, 0.6) is 0 Å². The number of rotatable bonds is 7. The summed E-state index contributed by atoms with van der Waals surface area (Å²) >= 11 is 0. The number of likely N-dealkylation sites (tertiary alicyclic amines) is 2. The van der Waals surface area contributed by atoms with Gasteiger partial charge in [-0.2, -0.15) is 5.10 Å². The smallest absolute Gasteiger partial charge is 0.224 e. The highest BCUT2D eigenvalue weighted by Gasteiger charge is 2.31. The molecule has 0 aliphatic carbocycles. The molecule has 0 spiro atoms. The van der Waals surface area contributed by atoms with Gasteiger partial charge in [0.2, 0.25) is 5.91 Å². The molecule has 1 atom stereocenters. The number of amides is 1. The SMILES string of the molecule is Cc1cc(CNC(=O)C2CCCN(C3CCN(CCc4ccccc4)CC3)C2)n[nH]1. The lowest BCUT2D eigenvalue weighted by atomic mass is 9.93. The molecule has 2 fully saturated rings. The number of benzene rings is 1. The maximum Gasteiger partial charge on any atom is 0.224 e. The van der Waals surface area contributed by atoms with Crippen LogP contribution in [-0.2, 0) is 17.8 Å². The Bertz CT molecular complexity index is 797. The number of hydrogen-bond donors (Lipinski definition) is 2. The van der Waals surface area contributed by atoms with Crippen LogP contribution in [0.3, 0.4) is 0 Å². The molecule has 0 saturated carbocycles. The van der Waals surface area contributed by atoms with E-state index in [1.54, 1.807) is 0 Å². The summed E-state index contributed by atoms with van der Waals surface area (Å²) in [5, 5.41) is 10.2. The first-order valence-electron chi connectivity index (χ1n) is 11.5. The van der Waals surface area contributed by atoms with Crippen molar-refractivity contribution in [2.45, 2.75) is 51.6 Å². The second kappa shape index (κ2) is 10.2. The van der Waals surface area contributed by atoms with Crippen LogP contribution in [0.15, 0.2) is 36.4 Å². The lowest BCUT2D eigenvalue weighted by Crippen LogP contribution is -2.50. The van der Waals surface area contributed by atoms with Crippen molar-refractivity contribution < 1.29 is 4.79 Å². The van der Waals surface area contributed by atoms with Crippen molar-refractivity contribution in [2.75, 3.05) is 32.7 Å². The number of H-pyrrole nitrogens is 1. The molecule has 1 amide bonds. The molecule has 30 heavy (non-hydrogen) atoms. The van der Waals surface area contributed by atoms with E-state index in [1.807, 2.05) is 13.0 Å². The van der Waals surface area contributed by atoms with Gasteiger partial charge < -0.3 is 10.2 Å². The average molecular weight is 410 g/mol. The number of piperidine rings is 2. The third-order valence-electron chi connectivity index (χ3n) is 6.66. The van der Waals surface area contributed by atoms with Crippen LogP contribution >= 0.6 is 0 Å². The number of aromatic nitrogens is 2. The molecule has 4 rings (SSSR count). The topological polar surface area (TPSA) is 64.3 Å². The third-order valence-corrected chi connectivity index (χ3v) is 6.66. The van der Waals surface area contributed by atoms with Gasteiger partial charge in [-0.3, -0.25) is 14.8 Å². The molecule has 2 aliphatic heterocycles. The molecular formula is C24H35N5O. The van der Waals surface area contributed by atoms with Gasteiger partial charge in [-0.05, 0) is 70.3 Å². The zero-order valence-electron chi connectivity index (χ0n) is 18.1. The zero-order valence-corrected chi connectivity index (χ0v) is 18.1. The Morgan fingerprint density at radius 1 is 1.17 bits per heavy atom. The first kappa shape index (κ1) is 21.1. The monoisotopic (exact) mass is 409 g/mol. The minimum Gasteiger partial charge on any atom is -0.350 e. The molecule has 6 heteroatoms. The largest absolute Gasteiger partial charge is 0.350 e. The van der Waals surface area contributed by atoms with Crippen LogP contribution in [0.2, 0.25) is 0 Å². The second-order valence-corrected chi connectivity index (χ2v) is 8.90. The fourth-order valence-corrected chi connectivity index (χ4v) is 4.88. The van der Waals surface area contributed by atoms with E-state index in [2.05, 4.69) is 55.6 Å². The quantitative estimate of drug-likeness (QED) is 0.738. The van der Waals surface area contributed by atoms with Crippen LogP contribution in [0, 0.1) is 12.8 Å². The van der Waals surface area contributed by atoms with E-state index in [4.69, 9.17) is 0 Å². The van der Waals surface area contributed by atoms with E-state index in [-0.39, 0.29) is 11.8 Å². The van der Waals surface area contributed by atoms with Gasteiger partial charge in [-0.1, -0.05) is 30.3 Å². The third kappa shape index (κ3) is 5.70. The molecule has 2 aromatic rings. The van der Waals surface area contributed by atoms with Gasteiger partial charge in [0.1, 0.15) is 0 Å². The minimum absolute atomic E-state index is 0.106. The molecule has 1 aromatic heterocycles. The zero-order chi connectivity index (χ0) is 20.8. The number of nitrogens with one attached hydrogen (secondary N) is 2. The summed E-state index contributed by atoms with van der Waals surface area (Å²) < 4.78 is 0. The number of aromatic amines is 1. The van der Waals surface area contributed by atoms with Crippen LogP contribution in [0.4, 0.5) is 0 Å². The van der Waals surface area contributed by atoms with Gasteiger partial charge in [-0.25, -0.2) is 0 Å². The van der Waals surface area contributed by atoms with Gasteiger partial charge in [0.25, 0.3) is 0 Å². The van der Waals surface area contributed by atoms with Crippen molar-refractivity contribution in [1.82, 2.24) is 25.3 Å². The van der Waals surface area contributed by atoms with Crippen LogP contribution in [0.1, 0.15) is 42.6 Å². The van der Waals surface area contributed by atoms with E-state index in [0.717, 1.165) is 50.3 Å². The number of aryl methyl sites for hydroxylation is 1. The van der Waals surface area contributed by atoms with Crippen molar-refractivity contribution in [3.05, 3.63) is 53.3 Å². The molecule has 0 bridgehead atoms. The van der Waals surface area contributed by atoms with Gasteiger partial charge in [0, 0.05) is 24.8 Å². The van der Waals surface area contributed by atoms with Gasteiger partial charge in [0.05, 0.1) is 18.2 Å².